The third-order valence-electron chi connectivity index (χ3n) is 6.43. The number of hydrogen-bond acceptors (Lipinski definition) is 4. The van der Waals surface area contributed by atoms with E-state index in [-0.39, 0.29) is 37.3 Å². The molecule has 2 amide bonds. The lowest BCUT2D eigenvalue weighted by Crippen LogP contribution is -2.43. The molecule has 0 saturated carbocycles. The largest absolute Gasteiger partial charge is 0.481 e. The summed E-state index contributed by atoms with van der Waals surface area (Å²) < 4.78 is 5.63. The number of unbranched alkanes of at least 4 members (excludes halogenated alkanes) is 1. The minimum Gasteiger partial charge on any atom is -0.481 e. The zero-order chi connectivity index (χ0) is 25.2. The third-order valence-corrected chi connectivity index (χ3v) is 6.43. The maximum Gasteiger partial charge on any atom is 0.407 e. The number of carboxylic acid groups (broad SMARTS) is 1. The lowest BCUT2D eigenvalue weighted by atomic mass is 9.98. The maximum atomic E-state index is 12.7. The molecule has 1 unspecified atom stereocenters. The van der Waals surface area contributed by atoms with E-state index in [1.165, 1.54) is 0 Å². The third kappa shape index (κ3) is 7.31. The van der Waals surface area contributed by atoms with E-state index in [4.69, 9.17) is 9.84 Å². The zero-order valence-electron chi connectivity index (χ0n) is 20.6. The Labute approximate surface area is 207 Å². The van der Waals surface area contributed by atoms with Crippen molar-refractivity contribution in [3.63, 3.8) is 0 Å². The molecule has 0 bridgehead atoms. The van der Waals surface area contributed by atoms with Gasteiger partial charge in [0.1, 0.15) is 6.61 Å². The van der Waals surface area contributed by atoms with E-state index in [0.717, 1.165) is 41.5 Å². The van der Waals surface area contributed by atoms with E-state index in [9.17, 15) is 14.4 Å². The maximum absolute atomic E-state index is 12.7. The predicted molar refractivity (Wildman–Crippen MR) is 135 cm³/mol. The van der Waals surface area contributed by atoms with Gasteiger partial charge in [-0.05, 0) is 35.1 Å². The fraction of sp³-hybridized carbons (Fsp3) is 0.464. The molecule has 1 aliphatic carbocycles. The van der Waals surface area contributed by atoms with Gasteiger partial charge in [0.25, 0.3) is 0 Å². The molecule has 3 N–H and O–H groups in total. The molecule has 7 nitrogen and oxygen atoms in total. The van der Waals surface area contributed by atoms with Crippen molar-refractivity contribution in [2.24, 2.45) is 0 Å². The average Bonchev–Trinajstić information content (AvgIpc) is 3.14. The van der Waals surface area contributed by atoms with E-state index in [0.29, 0.717) is 12.8 Å². The van der Waals surface area contributed by atoms with Crippen LogP contribution in [0.3, 0.4) is 0 Å². The minimum atomic E-state index is -0.937. The zero-order valence-corrected chi connectivity index (χ0v) is 20.6. The van der Waals surface area contributed by atoms with Gasteiger partial charge < -0.3 is 20.5 Å². The number of carbonyl (C=O) groups excluding carboxylic acids is 2. The van der Waals surface area contributed by atoms with Crippen LogP contribution in [0, 0.1) is 0 Å². The van der Waals surface area contributed by atoms with Crippen LogP contribution in [-0.4, -0.2) is 41.8 Å². The molecule has 1 aliphatic rings. The summed E-state index contributed by atoms with van der Waals surface area (Å²) in [7, 11) is 0. The van der Waals surface area contributed by atoms with Crippen molar-refractivity contribution in [3.8, 4) is 11.1 Å². The van der Waals surface area contributed by atoms with Crippen molar-refractivity contribution in [2.45, 2.75) is 76.8 Å². The number of fused-ring (bicyclic) bond motifs is 3. The number of aliphatic carboxylic acids is 1. The van der Waals surface area contributed by atoms with Crippen molar-refractivity contribution < 1.29 is 24.2 Å². The topological polar surface area (TPSA) is 105 Å². The highest BCUT2D eigenvalue weighted by Crippen LogP contribution is 2.44. The van der Waals surface area contributed by atoms with Gasteiger partial charge in [-0.1, -0.05) is 81.6 Å². The lowest BCUT2D eigenvalue weighted by molar-refractivity contribution is -0.137. The van der Waals surface area contributed by atoms with E-state index in [2.05, 4.69) is 34.9 Å². The van der Waals surface area contributed by atoms with E-state index in [1.807, 2.05) is 38.1 Å². The summed E-state index contributed by atoms with van der Waals surface area (Å²) in [5.74, 6) is -1.23. The number of rotatable bonds is 13. The number of amides is 2. The Morgan fingerprint density at radius 2 is 1.46 bits per heavy atom. The van der Waals surface area contributed by atoms with Crippen LogP contribution in [0.25, 0.3) is 11.1 Å². The Morgan fingerprint density at radius 1 is 0.857 bits per heavy atom. The highest BCUT2D eigenvalue weighted by molar-refractivity contribution is 5.80. The first-order valence-corrected chi connectivity index (χ1v) is 12.6. The summed E-state index contributed by atoms with van der Waals surface area (Å²) >= 11 is 0. The summed E-state index contributed by atoms with van der Waals surface area (Å²) in [6.07, 6.45) is 3.22. The van der Waals surface area contributed by atoms with Crippen LogP contribution in [-0.2, 0) is 14.3 Å². The molecule has 0 heterocycles. The molecule has 2 aromatic rings. The Kier molecular flexibility index (Phi) is 9.70. The predicted octanol–water partition coefficient (Wildman–Crippen LogP) is 5.23. The minimum absolute atomic E-state index is 0.0311. The molecule has 2 aromatic carbocycles. The molecule has 0 spiro atoms. The van der Waals surface area contributed by atoms with Gasteiger partial charge in [-0.2, -0.15) is 0 Å². The van der Waals surface area contributed by atoms with Gasteiger partial charge >= 0.3 is 12.1 Å². The molecule has 3 rings (SSSR count). The number of alkyl carbamates (subject to hydrolysis) is 1. The van der Waals surface area contributed by atoms with Crippen LogP contribution >= 0.6 is 0 Å². The Hall–Kier alpha value is -3.35. The van der Waals surface area contributed by atoms with E-state index in [1.54, 1.807) is 0 Å². The Balaban J connectivity index is 1.56. The van der Waals surface area contributed by atoms with E-state index < -0.39 is 18.1 Å². The van der Waals surface area contributed by atoms with Gasteiger partial charge in [-0.15, -0.1) is 0 Å². The van der Waals surface area contributed by atoms with Crippen molar-refractivity contribution >= 4 is 18.0 Å². The number of hydrogen-bond donors (Lipinski definition) is 3. The van der Waals surface area contributed by atoms with Crippen molar-refractivity contribution in [3.05, 3.63) is 59.7 Å². The molecule has 0 aliphatic heterocycles. The first kappa shape index (κ1) is 26.3. The van der Waals surface area contributed by atoms with Gasteiger partial charge in [-0.3, -0.25) is 9.59 Å². The second-order valence-electron chi connectivity index (χ2n) is 9.16. The monoisotopic (exact) mass is 480 g/mol. The summed E-state index contributed by atoms with van der Waals surface area (Å²) in [5, 5.41) is 14.8. The number of nitrogens with one attached hydrogen (secondary N) is 2. The molecule has 188 valence electrons. The van der Waals surface area contributed by atoms with Crippen LogP contribution in [0.5, 0.6) is 0 Å². The van der Waals surface area contributed by atoms with Gasteiger partial charge in [0.15, 0.2) is 0 Å². The highest BCUT2D eigenvalue weighted by Gasteiger charge is 2.29. The van der Waals surface area contributed by atoms with Gasteiger partial charge in [-0.25, -0.2) is 4.79 Å². The fourth-order valence-electron chi connectivity index (χ4n) is 4.78. The average molecular weight is 481 g/mol. The number of carboxylic acids is 1. The molecular weight excluding hydrogens is 444 g/mol. The molecule has 0 saturated heterocycles. The molecule has 2 atom stereocenters. The van der Waals surface area contributed by atoms with Gasteiger partial charge in [0, 0.05) is 24.4 Å². The summed E-state index contributed by atoms with van der Waals surface area (Å²) in [6.45, 7) is 4.22. The van der Waals surface area contributed by atoms with Crippen molar-refractivity contribution in [1.82, 2.24) is 10.6 Å². The second kappa shape index (κ2) is 12.9. The van der Waals surface area contributed by atoms with Crippen LogP contribution in [0.4, 0.5) is 4.79 Å². The molecule has 0 aromatic heterocycles. The summed E-state index contributed by atoms with van der Waals surface area (Å²) in [5.41, 5.74) is 4.61. The number of ether oxygens (including phenoxy) is 1. The first-order chi connectivity index (χ1) is 16.9. The highest BCUT2D eigenvalue weighted by atomic mass is 16.5. The number of benzene rings is 2. The van der Waals surface area contributed by atoms with Gasteiger partial charge in [0.05, 0.1) is 6.42 Å². The molecule has 35 heavy (non-hydrogen) atoms. The summed E-state index contributed by atoms with van der Waals surface area (Å²) in [6, 6.07) is 15.5. The SMILES string of the molecule is CCCCC(CC(=O)O)NC(=O)C[C@H](CCC)NC(=O)OCC1c2ccccc2-c2ccccc21. The molecule has 0 radical (unpaired) electrons. The van der Waals surface area contributed by atoms with Gasteiger partial charge in [0.2, 0.25) is 5.91 Å². The molecular formula is C28H36N2O5. The quantitative estimate of drug-likeness (QED) is 0.364. The number of carbonyl (C=O) groups is 3. The normalized spacial score (nSPS) is 13.9. The standard InChI is InChI=1S/C28H36N2O5/c1-3-5-11-20(17-27(32)33)29-26(31)16-19(10-4-2)30-28(34)35-18-25-23-14-8-6-12-21(23)22-13-7-9-15-24(22)25/h6-9,12-15,19-20,25H,3-5,10-11,16-18H2,1-2H3,(H,29,31)(H,30,34)(H,32,33)/t19-,20?/m0/s1. The first-order valence-electron chi connectivity index (χ1n) is 12.6. The molecule has 7 heteroatoms. The smallest absolute Gasteiger partial charge is 0.407 e. The lowest BCUT2D eigenvalue weighted by Gasteiger charge is -2.21. The van der Waals surface area contributed by atoms with Crippen LogP contribution < -0.4 is 10.6 Å². The fourth-order valence-corrected chi connectivity index (χ4v) is 4.78. The second-order valence-corrected chi connectivity index (χ2v) is 9.16. The summed E-state index contributed by atoms with van der Waals surface area (Å²) in [4.78, 5) is 36.4. The van der Waals surface area contributed by atoms with Crippen molar-refractivity contribution in [2.75, 3.05) is 6.61 Å². The van der Waals surface area contributed by atoms with Crippen LogP contribution in [0.2, 0.25) is 0 Å². The van der Waals surface area contributed by atoms with E-state index >= 15 is 0 Å². The van der Waals surface area contributed by atoms with Crippen LogP contribution in [0.1, 0.15) is 75.8 Å². The Bertz CT molecular complexity index is 976. The molecule has 0 fully saturated rings. The van der Waals surface area contributed by atoms with Crippen molar-refractivity contribution in [1.29, 1.82) is 0 Å². The Morgan fingerprint density at radius 3 is 2.03 bits per heavy atom. The van der Waals surface area contributed by atoms with Crippen LogP contribution in [0.15, 0.2) is 48.5 Å².